The van der Waals surface area contributed by atoms with Gasteiger partial charge in [-0.15, -0.1) is 0 Å². The predicted octanol–water partition coefficient (Wildman–Crippen LogP) is 4.63. The standard InChI is InChI=1S/C16H28O4P/c1-13(17)19-21(20-14(2)18,15-9-5-3-6-10-15)16-11-7-4-8-12-16/h15-16H,3-12H2,1-2H3/q+1. The summed E-state index contributed by atoms with van der Waals surface area (Å²) in [6.45, 7) is 2.90. The third-order valence-corrected chi connectivity index (χ3v) is 8.86. The van der Waals surface area contributed by atoms with E-state index in [0.29, 0.717) is 0 Å². The van der Waals surface area contributed by atoms with Gasteiger partial charge in [-0.2, -0.15) is 0 Å². The molecular formula is C16H28O4P+. The summed E-state index contributed by atoms with van der Waals surface area (Å²) in [5.74, 6) is -0.582. The largest absolute Gasteiger partial charge is 0.379 e. The van der Waals surface area contributed by atoms with Crippen molar-refractivity contribution < 1.29 is 18.6 Å². The van der Waals surface area contributed by atoms with Crippen molar-refractivity contribution in [3.63, 3.8) is 0 Å². The summed E-state index contributed by atoms with van der Waals surface area (Å²) < 4.78 is 11.7. The van der Waals surface area contributed by atoms with Gasteiger partial charge in [-0.05, 0) is 51.4 Å². The van der Waals surface area contributed by atoms with E-state index in [1.165, 1.54) is 26.7 Å². The summed E-state index contributed by atoms with van der Waals surface area (Å²) in [5.41, 5.74) is 0.532. The summed E-state index contributed by atoms with van der Waals surface area (Å²) >= 11 is 0. The molecule has 0 aromatic heterocycles. The lowest BCUT2D eigenvalue weighted by Crippen LogP contribution is -2.33. The van der Waals surface area contributed by atoms with E-state index in [1.54, 1.807) is 0 Å². The van der Waals surface area contributed by atoms with Gasteiger partial charge in [0.25, 0.3) is 0 Å². The fourth-order valence-electron chi connectivity index (χ4n) is 3.90. The Hall–Kier alpha value is -0.630. The normalized spacial score (nSPS) is 21.8. The van der Waals surface area contributed by atoms with Crippen molar-refractivity contribution in [3.05, 3.63) is 0 Å². The molecule has 21 heavy (non-hydrogen) atoms. The Bertz CT molecular complexity index is 334. The topological polar surface area (TPSA) is 52.6 Å². The van der Waals surface area contributed by atoms with Gasteiger partial charge in [0.15, 0.2) is 0 Å². The Morgan fingerprint density at radius 3 is 1.33 bits per heavy atom. The van der Waals surface area contributed by atoms with Gasteiger partial charge in [0.1, 0.15) is 11.3 Å². The van der Waals surface area contributed by atoms with Crippen LogP contribution in [0.3, 0.4) is 0 Å². The van der Waals surface area contributed by atoms with E-state index in [4.69, 9.17) is 9.05 Å². The first-order chi connectivity index (χ1) is 10.0. The van der Waals surface area contributed by atoms with Crippen LogP contribution in [0, 0.1) is 0 Å². The molecule has 0 unspecified atom stereocenters. The molecule has 0 aromatic carbocycles. The molecular weight excluding hydrogens is 287 g/mol. The first-order valence-electron chi connectivity index (χ1n) is 8.33. The Kier molecular flexibility index (Phi) is 6.04. The zero-order valence-corrected chi connectivity index (χ0v) is 14.2. The van der Waals surface area contributed by atoms with Crippen LogP contribution in [0.5, 0.6) is 0 Å². The van der Waals surface area contributed by atoms with E-state index in [0.717, 1.165) is 51.4 Å². The molecule has 0 bridgehead atoms. The zero-order chi connectivity index (χ0) is 15.3. The molecule has 0 heterocycles. The molecule has 4 nitrogen and oxygen atoms in total. The smallest absolute Gasteiger partial charge is 0.272 e. The molecule has 120 valence electrons. The zero-order valence-electron chi connectivity index (χ0n) is 13.3. The van der Waals surface area contributed by atoms with Crippen LogP contribution in [0.25, 0.3) is 0 Å². The van der Waals surface area contributed by atoms with Crippen LogP contribution in [0.15, 0.2) is 0 Å². The summed E-state index contributed by atoms with van der Waals surface area (Å²) in [7, 11) is -2.46. The SMILES string of the molecule is CC(=O)O[P+](OC(C)=O)(C1CCCCC1)C1CCCCC1. The van der Waals surface area contributed by atoms with Gasteiger partial charge >= 0.3 is 19.7 Å². The van der Waals surface area contributed by atoms with Crippen molar-refractivity contribution in [1.29, 1.82) is 0 Å². The van der Waals surface area contributed by atoms with Gasteiger partial charge < -0.3 is 0 Å². The number of carbonyl (C=O) groups excluding carboxylic acids is 2. The second-order valence-corrected chi connectivity index (χ2v) is 9.51. The van der Waals surface area contributed by atoms with E-state index in [2.05, 4.69) is 0 Å². The van der Waals surface area contributed by atoms with Crippen molar-refractivity contribution in [1.82, 2.24) is 0 Å². The Morgan fingerprint density at radius 1 is 0.714 bits per heavy atom. The minimum Gasteiger partial charge on any atom is -0.272 e. The fourth-order valence-corrected chi connectivity index (χ4v) is 8.10. The van der Waals surface area contributed by atoms with Crippen molar-refractivity contribution in [2.75, 3.05) is 0 Å². The summed E-state index contributed by atoms with van der Waals surface area (Å²) in [4.78, 5) is 23.5. The molecule has 2 saturated carbocycles. The molecule has 0 amide bonds. The van der Waals surface area contributed by atoms with E-state index in [1.807, 2.05) is 0 Å². The maximum Gasteiger partial charge on any atom is 0.379 e. The molecule has 0 aliphatic heterocycles. The highest BCUT2D eigenvalue weighted by molar-refractivity contribution is 7.68. The average Bonchev–Trinajstić information content (AvgIpc) is 2.47. The van der Waals surface area contributed by atoms with Crippen LogP contribution < -0.4 is 0 Å². The number of rotatable bonds is 4. The second kappa shape index (κ2) is 7.58. The van der Waals surface area contributed by atoms with E-state index >= 15 is 0 Å². The monoisotopic (exact) mass is 315 g/mol. The Morgan fingerprint density at radius 2 is 1.05 bits per heavy atom. The first-order valence-corrected chi connectivity index (χ1v) is 10.1. The molecule has 0 aromatic rings. The highest BCUT2D eigenvalue weighted by atomic mass is 31.2. The summed E-state index contributed by atoms with van der Waals surface area (Å²) in [6, 6.07) is 0. The first kappa shape index (κ1) is 16.7. The molecule has 2 aliphatic rings. The predicted molar refractivity (Wildman–Crippen MR) is 84.2 cm³/mol. The average molecular weight is 315 g/mol. The highest BCUT2D eigenvalue weighted by Crippen LogP contribution is 2.74. The number of hydrogen-bond acceptors (Lipinski definition) is 4. The molecule has 0 atom stereocenters. The lowest BCUT2D eigenvalue weighted by Gasteiger charge is -2.37. The van der Waals surface area contributed by atoms with Crippen LogP contribution in [0.1, 0.15) is 78.1 Å². The van der Waals surface area contributed by atoms with Gasteiger partial charge in [-0.1, -0.05) is 12.8 Å². The maximum absolute atomic E-state index is 11.7. The van der Waals surface area contributed by atoms with Crippen molar-refractivity contribution in [2.24, 2.45) is 0 Å². The molecule has 0 radical (unpaired) electrons. The Labute approximate surface area is 128 Å². The van der Waals surface area contributed by atoms with Gasteiger partial charge in [-0.3, -0.25) is 9.05 Å². The third kappa shape index (κ3) is 4.18. The van der Waals surface area contributed by atoms with Crippen LogP contribution in [-0.2, 0) is 18.6 Å². The van der Waals surface area contributed by atoms with Crippen molar-refractivity contribution >= 4 is 19.7 Å². The van der Waals surface area contributed by atoms with E-state index in [9.17, 15) is 9.59 Å². The van der Waals surface area contributed by atoms with Crippen LogP contribution in [0.4, 0.5) is 0 Å². The number of carbonyl (C=O) groups is 2. The van der Waals surface area contributed by atoms with Crippen molar-refractivity contribution in [2.45, 2.75) is 89.4 Å². The van der Waals surface area contributed by atoms with Gasteiger partial charge in [0, 0.05) is 13.8 Å². The van der Waals surface area contributed by atoms with E-state index in [-0.39, 0.29) is 23.3 Å². The summed E-state index contributed by atoms with van der Waals surface area (Å²) in [6.07, 6.45) is 11.2. The van der Waals surface area contributed by atoms with Crippen LogP contribution >= 0.6 is 7.72 Å². The quantitative estimate of drug-likeness (QED) is 0.710. The van der Waals surface area contributed by atoms with Gasteiger partial charge in [0.2, 0.25) is 0 Å². The molecule has 2 rings (SSSR count). The fraction of sp³-hybridized carbons (Fsp3) is 0.875. The van der Waals surface area contributed by atoms with E-state index < -0.39 is 7.72 Å². The number of hydrogen-bond donors (Lipinski definition) is 0. The molecule has 5 heteroatoms. The van der Waals surface area contributed by atoms with Crippen molar-refractivity contribution in [3.8, 4) is 0 Å². The third-order valence-electron chi connectivity index (χ3n) is 4.71. The molecule has 0 spiro atoms. The molecule has 2 aliphatic carbocycles. The molecule has 0 N–H and O–H groups in total. The maximum atomic E-state index is 11.7. The van der Waals surface area contributed by atoms with Gasteiger partial charge in [0.05, 0.1) is 0 Å². The van der Waals surface area contributed by atoms with Crippen LogP contribution in [0.2, 0.25) is 0 Å². The summed E-state index contributed by atoms with van der Waals surface area (Å²) in [5, 5.41) is 0. The van der Waals surface area contributed by atoms with Crippen LogP contribution in [-0.4, -0.2) is 23.3 Å². The molecule has 2 fully saturated rings. The Balaban J connectivity index is 2.29. The van der Waals surface area contributed by atoms with Gasteiger partial charge in [-0.25, -0.2) is 9.59 Å². The second-order valence-electron chi connectivity index (χ2n) is 6.39. The lowest BCUT2D eigenvalue weighted by molar-refractivity contribution is -0.136. The minimum absolute atomic E-state index is 0.266. The molecule has 0 saturated heterocycles. The minimum atomic E-state index is -2.46. The highest BCUT2D eigenvalue weighted by Gasteiger charge is 2.61. The lowest BCUT2D eigenvalue weighted by atomic mass is 10.00.